The molecule has 90 valence electrons. The first-order valence-corrected chi connectivity index (χ1v) is 5.73. The maximum atomic E-state index is 11.7. The van der Waals surface area contributed by atoms with Crippen LogP contribution in [0.2, 0.25) is 0 Å². The van der Waals surface area contributed by atoms with Gasteiger partial charge >= 0.3 is 6.09 Å². The molecule has 1 amide bonds. The van der Waals surface area contributed by atoms with Crippen LogP contribution in [0.3, 0.4) is 0 Å². The quantitative estimate of drug-likeness (QED) is 0.864. The fourth-order valence-corrected chi connectivity index (χ4v) is 1.70. The van der Waals surface area contributed by atoms with E-state index in [0.717, 1.165) is 0 Å². The number of nitrogens with zero attached hydrogens (tertiary/aromatic N) is 2. The van der Waals surface area contributed by atoms with Crippen molar-refractivity contribution in [2.75, 3.05) is 11.9 Å². The summed E-state index contributed by atoms with van der Waals surface area (Å²) in [5.74, 6) is 0. The summed E-state index contributed by atoms with van der Waals surface area (Å²) in [5, 5.41) is 11.1. The normalized spacial score (nSPS) is 11.3. The van der Waals surface area contributed by atoms with Gasteiger partial charge in [-0.1, -0.05) is 0 Å². The lowest BCUT2D eigenvalue weighted by atomic mass is 10.2. The minimum absolute atomic E-state index is 0.126. The highest BCUT2D eigenvalue weighted by molar-refractivity contribution is 7.14. The number of hydrogen-bond acceptors (Lipinski definition) is 5. The van der Waals surface area contributed by atoms with E-state index >= 15 is 0 Å². The van der Waals surface area contributed by atoms with Gasteiger partial charge in [-0.3, -0.25) is 4.90 Å². The number of carbonyl (C=O) groups is 1. The van der Waals surface area contributed by atoms with Crippen molar-refractivity contribution in [3.63, 3.8) is 0 Å². The van der Waals surface area contributed by atoms with Crippen LogP contribution in [0.25, 0.3) is 0 Å². The van der Waals surface area contributed by atoms with E-state index in [0.29, 0.717) is 10.8 Å². The molecule has 1 aromatic heterocycles. The molecule has 16 heavy (non-hydrogen) atoms. The van der Waals surface area contributed by atoms with Crippen molar-refractivity contribution in [1.82, 2.24) is 4.98 Å². The number of amides is 1. The van der Waals surface area contributed by atoms with Crippen LogP contribution in [0.5, 0.6) is 0 Å². The lowest BCUT2D eigenvalue weighted by Gasteiger charge is -2.23. The Bertz CT molecular complexity index is 370. The molecular formula is C10H16N2O3S. The van der Waals surface area contributed by atoms with Crippen molar-refractivity contribution in [3.8, 4) is 0 Å². The van der Waals surface area contributed by atoms with E-state index in [1.165, 1.54) is 16.2 Å². The molecular weight excluding hydrogens is 228 g/mol. The second-order valence-electron chi connectivity index (χ2n) is 4.32. The Morgan fingerprint density at radius 2 is 2.25 bits per heavy atom. The Morgan fingerprint density at radius 1 is 1.62 bits per heavy atom. The van der Waals surface area contributed by atoms with Crippen molar-refractivity contribution >= 4 is 22.6 Å². The van der Waals surface area contributed by atoms with Crippen molar-refractivity contribution in [2.45, 2.75) is 33.0 Å². The molecule has 0 radical (unpaired) electrons. The standard InChI is InChI=1S/C10H16N2O3S/c1-10(2,3)15-9(14)12(4)8-11-7(5-13)6-16-8/h6,13H,5H2,1-4H3. The Morgan fingerprint density at radius 3 is 2.69 bits per heavy atom. The Labute approximate surface area is 98.7 Å². The number of carbonyl (C=O) groups excluding carboxylic acids is 1. The summed E-state index contributed by atoms with van der Waals surface area (Å²) >= 11 is 1.29. The van der Waals surface area contributed by atoms with Gasteiger partial charge in [-0.05, 0) is 20.8 Å². The van der Waals surface area contributed by atoms with Crippen LogP contribution in [-0.2, 0) is 11.3 Å². The third-order valence-electron chi connectivity index (χ3n) is 1.66. The van der Waals surface area contributed by atoms with Crippen molar-refractivity contribution < 1.29 is 14.6 Å². The summed E-state index contributed by atoms with van der Waals surface area (Å²) in [4.78, 5) is 17.1. The number of anilines is 1. The predicted octanol–water partition coefficient (Wildman–Crippen LogP) is 2.01. The highest BCUT2D eigenvalue weighted by Gasteiger charge is 2.22. The zero-order valence-electron chi connectivity index (χ0n) is 9.85. The van der Waals surface area contributed by atoms with Crippen LogP contribution in [0, 0.1) is 0 Å². The van der Waals surface area contributed by atoms with Crippen LogP contribution in [0.15, 0.2) is 5.38 Å². The van der Waals surface area contributed by atoms with E-state index in [2.05, 4.69) is 4.98 Å². The van der Waals surface area contributed by atoms with E-state index in [-0.39, 0.29) is 6.61 Å². The van der Waals surface area contributed by atoms with Gasteiger partial charge in [0.05, 0.1) is 12.3 Å². The van der Waals surface area contributed by atoms with E-state index in [4.69, 9.17) is 9.84 Å². The summed E-state index contributed by atoms with van der Waals surface area (Å²) in [5.41, 5.74) is 0.0259. The van der Waals surface area contributed by atoms with Crippen LogP contribution < -0.4 is 4.90 Å². The second-order valence-corrected chi connectivity index (χ2v) is 5.16. The molecule has 1 heterocycles. The molecule has 0 aromatic carbocycles. The number of thiazole rings is 1. The van der Waals surface area contributed by atoms with Gasteiger partial charge < -0.3 is 9.84 Å². The molecule has 0 atom stereocenters. The van der Waals surface area contributed by atoms with Gasteiger partial charge in [-0.25, -0.2) is 9.78 Å². The van der Waals surface area contributed by atoms with Crippen LogP contribution in [-0.4, -0.2) is 28.8 Å². The predicted molar refractivity (Wildman–Crippen MR) is 62.7 cm³/mol. The third-order valence-corrected chi connectivity index (χ3v) is 2.62. The average molecular weight is 244 g/mol. The summed E-state index contributed by atoms with van der Waals surface area (Å²) in [6.45, 7) is 5.29. The maximum absolute atomic E-state index is 11.7. The molecule has 5 nitrogen and oxygen atoms in total. The highest BCUT2D eigenvalue weighted by atomic mass is 32.1. The van der Waals surface area contributed by atoms with Gasteiger partial charge in [0.25, 0.3) is 0 Å². The van der Waals surface area contributed by atoms with Crippen molar-refractivity contribution in [3.05, 3.63) is 11.1 Å². The molecule has 0 aliphatic rings. The summed E-state index contributed by atoms with van der Waals surface area (Å²) in [6, 6.07) is 0. The molecule has 1 N–H and O–H groups in total. The Hall–Kier alpha value is -1.14. The lowest BCUT2D eigenvalue weighted by Crippen LogP contribution is -2.34. The number of rotatable bonds is 2. The highest BCUT2D eigenvalue weighted by Crippen LogP contribution is 2.21. The molecule has 0 saturated heterocycles. The summed E-state index contributed by atoms with van der Waals surface area (Å²) in [6.07, 6.45) is -0.452. The van der Waals surface area contributed by atoms with Gasteiger partial charge in [-0.15, -0.1) is 11.3 Å². The molecule has 0 saturated carbocycles. The lowest BCUT2D eigenvalue weighted by molar-refractivity contribution is 0.0589. The zero-order chi connectivity index (χ0) is 12.3. The maximum Gasteiger partial charge on any atom is 0.416 e. The van der Waals surface area contributed by atoms with Gasteiger partial charge in [0, 0.05) is 12.4 Å². The number of aliphatic hydroxyl groups excluding tert-OH is 1. The van der Waals surface area contributed by atoms with Crippen LogP contribution >= 0.6 is 11.3 Å². The van der Waals surface area contributed by atoms with E-state index < -0.39 is 11.7 Å². The van der Waals surface area contributed by atoms with Gasteiger partial charge in [0.1, 0.15) is 5.60 Å². The van der Waals surface area contributed by atoms with Crippen molar-refractivity contribution in [2.24, 2.45) is 0 Å². The van der Waals surface area contributed by atoms with E-state index in [1.807, 2.05) is 0 Å². The van der Waals surface area contributed by atoms with Gasteiger partial charge in [0.15, 0.2) is 5.13 Å². The number of aliphatic hydroxyl groups is 1. The first-order chi connectivity index (χ1) is 7.33. The zero-order valence-corrected chi connectivity index (χ0v) is 10.7. The number of hydrogen-bond donors (Lipinski definition) is 1. The SMILES string of the molecule is CN(C(=O)OC(C)(C)C)c1nc(CO)cs1. The topological polar surface area (TPSA) is 62.7 Å². The Balaban J connectivity index is 2.70. The first kappa shape index (κ1) is 12.9. The molecule has 1 rings (SSSR count). The number of aromatic nitrogens is 1. The van der Waals surface area contributed by atoms with Gasteiger partial charge in [0.2, 0.25) is 0 Å². The van der Waals surface area contributed by atoms with Crippen LogP contribution in [0.1, 0.15) is 26.5 Å². The first-order valence-electron chi connectivity index (χ1n) is 4.85. The Kier molecular flexibility index (Phi) is 3.88. The van der Waals surface area contributed by atoms with Crippen molar-refractivity contribution in [1.29, 1.82) is 0 Å². The molecule has 1 aromatic rings. The molecule has 0 spiro atoms. The summed E-state index contributed by atoms with van der Waals surface area (Å²) in [7, 11) is 1.59. The molecule has 6 heteroatoms. The molecule has 0 fully saturated rings. The monoisotopic (exact) mass is 244 g/mol. The van der Waals surface area contributed by atoms with E-state index in [9.17, 15) is 4.79 Å². The molecule has 0 aliphatic carbocycles. The fourth-order valence-electron chi connectivity index (χ4n) is 0.931. The van der Waals surface area contributed by atoms with E-state index in [1.54, 1.807) is 33.2 Å². The fraction of sp³-hybridized carbons (Fsp3) is 0.600. The minimum atomic E-state index is -0.525. The largest absolute Gasteiger partial charge is 0.443 e. The second kappa shape index (κ2) is 4.80. The third kappa shape index (κ3) is 3.46. The average Bonchev–Trinajstić information content (AvgIpc) is 2.61. The molecule has 0 bridgehead atoms. The van der Waals surface area contributed by atoms with Gasteiger partial charge in [-0.2, -0.15) is 0 Å². The molecule has 0 unspecified atom stereocenters. The number of ether oxygens (including phenoxy) is 1. The minimum Gasteiger partial charge on any atom is -0.443 e. The summed E-state index contributed by atoms with van der Waals surface area (Å²) < 4.78 is 5.19. The molecule has 0 aliphatic heterocycles. The van der Waals surface area contributed by atoms with Crippen LogP contribution in [0.4, 0.5) is 9.93 Å². The smallest absolute Gasteiger partial charge is 0.416 e.